The Morgan fingerprint density at radius 3 is 2.71 bits per heavy atom. The molecule has 7 heteroatoms. The highest BCUT2D eigenvalue weighted by molar-refractivity contribution is 5.70. The van der Waals surface area contributed by atoms with Gasteiger partial charge in [-0.15, -0.1) is 0 Å². The van der Waals surface area contributed by atoms with Gasteiger partial charge in [-0.1, -0.05) is 43.0 Å². The maximum atomic E-state index is 12.1. The average molecular weight is 334 g/mol. The van der Waals surface area contributed by atoms with Crippen LogP contribution in [-0.4, -0.2) is 66.0 Å². The van der Waals surface area contributed by atoms with E-state index in [1.807, 2.05) is 30.3 Å². The van der Waals surface area contributed by atoms with Crippen LogP contribution in [0.4, 0.5) is 9.59 Å². The van der Waals surface area contributed by atoms with Crippen LogP contribution in [-0.2, 0) is 16.1 Å². The van der Waals surface area contributed by atoms with Gasteiger partial charge in [0.15, 0.2) is 0 Å². The van der Waals surface area contributed by atoms with E-state index in [0.29, 0.717) is 0 Å². The SMILES string of the molecule is C=CCOC(=O)N(C)[C@@H]1CN(C(=O)OCc2ccccc2)C[C@H]1O. The molecule has 7 nitrogen and oxygen atoms in total. The Morgan fingerprint density at radius 1 is 1.33 bits per heavy atom. The smallest absolute Gasteiger partial charge is 0.410 e. The monoisotopic (exact) mass is 334 g/mol. The Kier molecular flexibility index (Phi) is 6.20. The second-order valence-corrected chi connectivity index (χ2v) is 5.56. The Bertz CT molecular complexity index is 578. The largest absolute Gasteiger partial charge is 0.445 e. The van der Waals surface area contributed by atoms with E-state index in [9.17, 15) is 14.7 Å². The molecule has 1 saturated heterocycles. The number of rotatable bonds is 5. The lowest BCUT2D eigenvalue weighted by Gasteiger charge is -2.25. The number of hydrogen-bond acceptors (Lipinski definition) is 5. The lowest BCUT2D eigenvalue weighted by atomic mass is 10.2. The zero-order chi connectivity index (χ0) is 17.5. The molecule has 1 aromatic carbocycles. The predicted octanol–water partition coefficient (Wildman–Crippen LogP) is 1.62. The van der Waals surface area contributed by atoms with Crippen molar-refractivity contribution in [3.63, 3.8) is 0 Å². The lowest BCUT2D eigenvalue weighted by Crippen LogP contribution is -2.44. The van der Waals surface area contributed by atoms with Crippen LogP contribution in [0.15, 0.2) is 43.0 Å². The summed E-state index contributed by atoms with van der Waals surface area (Å²) in [7, 11) is 1.53. The van der Waals surface area contributed by atoms with E-state index in [0.717, 1.165) is 5.56 Å². The van der Waals surface area contributed by atoms with Gasteiger partial charge >= 0.3 is 12.2 Å². The standard InChI is InChI=1S/C17H22N2O5/c1-3-9-23-16(21)18(2)14-10-19(11-15(14)20)17(22)24-12-13-7-5-4-6-8-13/h3-8,14-15,20H,1,9-12H2,2H3/t14-,15-/m1/s1. The highest BCUT2D eigenvalue weighted by Gasteiger charge is 2.39. The first-order chi connectivity index (χ1) is 11.5. The van der Waals surface area contributed by atoms with Gasteiger partial charge in [-0.05, 0) is 5.56 Å². The van der Waals surface area contributed by atoms with Crippen LogP contribution >= 0.6 is 0 Å². The fourth-order valence-corrected chi connectivity index (χ4v) is 2.48. The van der Waals surface area contributed by atoms with Crippen LogP contribution in [0.1, 0.15) is 5.56 Å². The van der Waals surface area contributed by atoms with Crippen LogP contribution in [0.3, 0.4) is 0 Å². The number of aliphatic hydroxyl groups is 1. The Morgan fingerprint density at radius 2 is 2.04 bits per heavy atom. The molecule has 0 saturated carbocycles. The number of carbonyl (C=O) groups is 2. The first-order valence-corrected chi connectivity index (χ1v) is 7.67. The first-order valence-electron chi connectivity index (χ1n) is 7.67. The molecule has 1 aliphatic heterocycles. The van der Waals surface area contributed by atoms with Crippen molar-refractivity contribution in [2.45, 2.75) is 18.8 Å². The molecule has 130 valence electrons. The molecule has 24 heavy (non-hydrogen) atoms. The topological polar surface area (TPSA) is 79.3 Å². The summed E-state index contributed by atoms with van der Waals surface area (Å²) in [6.07, 6.45) is -0.480. The maximum absolute atomic E-state index is 12.1. The molecule has 1 N–H and O–H groups in total. The molecule has 0 unspecified atom stereocenters. The van der Waals surface area contributed by atoms with E-state index in [-0.39, 0.29) is 26.3 Å². The highest BCUT2D eigenvalue weighted by atomic mass is 16.6. The molecule has 0 bridgehead atoms. The van der Waals surface area contributed by atoms with Crippen LogP contribution in [0.25, 0.3) is 0 Å². The molecule has 0 aliphatic carbocycles. The third-order valence-corrected chi connectivity index (χ3v) is 3.83. The van der Waals surface area contributed by atoms with Crippen molar-refractivity contribution in [1.82, 2.24) is 9.80 Å². The molecule has 2 atom stereocenters. The summed E-state index contributed by atoms with van der Waals surface area (Å²) in [5.74, 6) is 0. The number of β-amino-alcohol motifs (C(OH)–C–C–N with tert-alkyl or cyclic N) is 1. The number of likely N-dealkylation sites (tertiary alicyclic amines) is 1. The Labute approximate surface area is 141 Å². The summed E-state index contributed by atoms with van der Waals surface area (Å²) in [5.41, 5.74) is 0.882. The van der Waals surface area contributed by atoms with E-state index in [2.05, 4.69) is 6.58 Å². The molecule has 1 heterocycles. The van der Waals surface area contributed by atoms with E-state index in [1.165, 1.54) is 22.9 Å². The third kappa shape index (κ3) is 4.48. The van der Waals surface area contributed by atoms with Crippen LogP contribution < -0.4 is 0 Å². The van der Waals surface area contributed by atoms with Gasteiger partial charge in [0, 0.05) is 13.6 Å². The second kappa shape index (κ2) is 8.35. The van der Waals surface area contributed by atoms with E-state index in [4.69, 9.17) is 9.47 Å². The van der Waals surface area contributed by atoms with E-state index < -0.39 is 24.3 Å². The minimum absolute atomic E-state index is 0.0921. The summed E-state index contributed by atoms with van der Waals surface area (Å²) in [4.78, 5) is 26.6. The minimum Gasteiger partial charge on any atom is -0.445 e. The first kappa shape index (κ1) is 17.8. The number of likely N-dealkylation sites (N-methyl/N-ethyl adjacent to an activating group) is 1. The zero-order valence-electron chi connectivity index (χ0n) is 13.6. The van der Waals surface area contributed by atoms with Crippen LogP contribution in [0.5, 0.6) is 0 Å². The molecule has 0 spiro atoms. The molecule has 0 radical (unpaired) electrons. The van der Waals surface area contributed by atoms with Crippen molar-refractivity contribution in [3.8, 4) is 0 Å². The summed E-state index contributed by atoms with van der Waals surface area (Å²) in [6.45, 7) is 4.02. The number of aliphatic hydroxyl groups excluding tert-OH is 1. The number of ether oxygens (including phenoxy) is 2. The number of amides is 2. The maximum Gasteiger partial charge on any atom is 0.410 e. The van der Waals surface area contributed by atoms with Gasteiger partial charge in [0.1, 0.15) is 13.2 Å². The fourth-order valence-electron chi connectivity index (χ4n) is 2.48. The Balaban J connectivity index is 1.86. The molecule has 2 rings (SSSR count). The predicted molar refractivity (Wildman–Crippen MR) is 87.3 cm³/mol. The summed E-state index contributed by atoms with van der Waals surface area (Å²) in [5, 5.41) is 10.1. The van der Waals surface area contributed by atoms with Gasteiger partial charge in [0.05, 0.1) is 18.7 Å². The van der Waals surface area contributed by atoms with Gasteiger partial charge in [0.2, 0.25) is 0 Å². The van der Waals surface area contributed by atoms with Crippen molar-refractivity contribution in [1.29, 1.82) is 0 Å². The molecule has 1 aromatic rings. The van der Waals surface area contributed by atoms with E-state index >= 15 is 0 Å². The number of hydrogen-bond donors (Lipinski definition) is 1. The number of carbonyl (C=O) groups excluding carboxylic acids is 2. The molecule has 0 aromatic heterocycles. The summed E-state index contributed by atoms with van der Waals surface area (Å²) >= 11 is 0. The second-order valence-electron chi connectivity index (χ2n) is 5.56. The molecular weight excluding hydrogens is 312 g/mol. The fraction of sp³-hybridized carbons (Fsp3) is 0.412. The third-order valence-electron chi connectivity index (χ3n) is 3.83. The normalized spacial score (nSPS) is 19.7. The van der Waals surface area contributed by atoms with Gasteiger partial charge in [-0.25, -0.2) is 9.59 Å². The van der Waals surface area contributed by atoms with Crippen molar-refractivity contribution in [3.05, 3.63) is 48.6 Å². The van der Waals surface area contributed by atoms with Gasteiger partial charge in [-0.3, -0.25) is 0 Å². The van der Waals surface area contributed by atoms with E-state index in [1.54, 1.807) is 0 Å². The van der Waals surface area contributed by atoms with Crippen molar-refractivity contribution in [2.24, 2.45) is 0 Å². The van der Waals surface area contributed by atoms with Crippen LogP contribution in [0.2, 0.25) is 0 Å². The van der Waals surface area contributed by atoms with Crippen molar-refractivity contribution < 1.29 is 24.2 Å². The van der Waals surface area contributed by atoms with Gasteiger partial charge in [0.25, 0.3) is 0 Å². The molecule has 2 amide bonds. The quantitative estimate of drug-likeness (QED) is 0.828. The highest BCUT2D eigenvalue weighted by Crippen LogP contribution is 2.17. The molecular formula is C17H22N2O5. The summed E-state index contributed by atoms with van der Waals surface area (Å²) < 4.78 is 10.2. The average Bonchev–Trinajstić information content (AvgIpc) is 2.99. The van der Waals surface area contributed by atoms with Gasteiger partial charge in [-0.2, -0.15) is 0 Å². The molecule has 1 fully saturated rings. The zero-order valence-corrected chi connectivity index (χ0v) is 13.6. The minimum atomic E-state index is -0.851. The Hall–Kier alpha value is -2.54. The summed E-state index contributed by atoms with van der Waals surface area (Å²) in [6, 6.07) is 8.79. The lowest BCUT2D eigenvalue weighted by molar-refractivity contribution is 0.0711. The number of benzene rings is 1. The van der Waals surface area contributed by atoms with Crippen molar-refractivity contribution >= 4 is 12.2 Å². The van der Waals surface area contributed by atoms with Crippen molar-refractivity contribution in [2.75, 3.05) is 26.7 Å². The molecule has 1 aliphatic rings. The number of nitrogens with zero attached hydrogens (tertiary/aromatic N) is 2. The van der Waals surface area contributed by atoms with Crippen LogP contribution in [0, 0.1) is 0 Å². The van der Waals surface area contributed by atoms with Gasteiger partial charge < -0.3 is 24.4 Å².